The molecule has 0 aromatic heterocycles. The van der Waals surface area contributed by atoms with Crippen molar-refractivity contribution in [2.75, 3.05) is 11.4 Å². The molecule has 1 heterocycles. The average Bonchev–Trinajstić information content (AvgIpc) is 2.40. The Bertz CT molecular complexity index is 516. The summed E-state index contributed by atoms with van der Waals surface area (Å²) in [7, 11) is 0. The molecule has 0 aliphatic carbocycles. The molecule has 0 saturated carbocycles. The molecule has 1 aromatic carbocycles. The van der Waals surface area contributed by atoms with Crippen LogP contribution in [0.5, 0.6) is 0 Å². The molecule has 2 unspecified atom stereocenters. The highest BCUT2D eigenvalue weighted by atomic mass is 16.4. The van der Waals surface area contributed by atoms with E-state index in [1.807, 2.05) is 18.2 Å². The number of rotatable bonds is 4. The Morgan fingerprint density at radius 3 is 2.80 bits per heavy atom. The van der Waals surface area contributed by atoms with E-state index < -0.39 is 12.0 Å². The number of benzene rings is 1. The van der Waals surface area contributed by atoms with E-state index in [0.29, 0.717) is 0 Å². The second kappa shape index (κ2) is 5.94. The maximum absolute atomic E-state index is 11.3. The lowest BCUT2D eigenvalue weighted by atomic mass is 9.96. The molecule has 1 aliphatic rings. The molecule has 1 aliphatic heterocycles. The highest BCUT2D eigenvalue weighted by Gasteiger charge is 2.28. The van der Waals surface area contributed by atoms with Crippen LogP contribution >= 0.6 is 0 Å². The molecule has 1 aromatic rings. The summed E-state index contributed by atoms with van der Waals surface area (Å²) >= 11 is 0. The Hall–Kier alpha value is -2.04. The number of hydrogen-bond acceptors (Lipinski definition) is 3. The van der Waals surface area contributed by atoms with Gasteiger partial charge in [0, 0.05) is 25.2 Å². The molecule has 1 amide bonds. The number of nitrogens with one attached hydrogen (secondary N) is 1. The minimum absolute atomic E-state index is 0.264. The number of aryl methyl sites for hydroxylation is 1. The van der Waals surface area contributed by atoms with Crippen LogP contribution in [0.25, 0.3) is 0 Å². The number of nitrogens with zero attached hydrogens (tertiary/aromatic N) is 1. The number of anilines is 1. The van der Waals surface area contributed by atoms with Crippen LogP contribution in [0.1, 0.15) is 25.8 Å². The van der Waals surface area contributed by atoms with Gasteiger partial charge in [-0.25, -0.2) is 4.79 Å². The monoisotopic (exact) mass is 276 g/mol. The summed E-state index contributed by atoms with van der Waals surface area (Å²) in [5.74, 6) is -1.33. The topological polar surface area (TPSA) is 69.6 Å². The van der Waals surface area contributed by atoms with Crippen LogP contribution in [-0.2, 0) is 16.0 Å². The summed E-state index contributed by atoms with van der Waals surface area (Å²) in [6.45, 7) is 3.71. The molecule has 2 atom stereocenters. The minimum atomic E-state index is -1.00. The molecule has 0 bridgehead atoms. The molecular formula is C15H20N2O3. The lowest BCUT2D eigenvalue weighted by Gasteiger charge is -2.38. The summed E-state index contributed by atoms with van der Waals surface area (Å²) in [5.41, 5.74) is 2.31. The molecule has 5 nitrogen and oxygen atoms in total. The summed E-state index contributed by atoms with van der Waals surface area (Å²) in [6, 6.07) is 7.41. The number of carboxylic acid groups (broad SMARTS) is 1. The summed E-state index contributed by atoms with van der Waals surface area (Å²) in [6.07, 6.45) is 2.00. The number of carbonyl (C=O) groups excluding carboxylic acids is 1. The maximum Gasteiger partial charge on any atom is 0.328 e. The Morgan fingerprint density at radius 1 is 1.45 bits per heavy atom. The van der Waals surface area contributed by atoms with Gasteiger partial charge in [0.15, 0.2) is 0 Å². The quantitative estimate of drug-likeness (QED) is 0.872. The van der Waals surface area contributed by atoms with E-state index in [1.165, 1.54) is 12.5 Å². The largest absolute Gasteiger partial charge is 0.480 e. The first-order valence-corrected chi connectivity index (χ1v) is 6.83. The predicted molar refractivity (Wildman–Crippen MR) is 76.8 cm³/mol. The second-order valence-corrected chi connectivity index (χ2v) is 5.26. The first-order valence-electron chi connectivity index (χ1n) is 6.83. The van der Waals surface area contributed by atoms with Crippen molar-refractivity contribution in [3.8, 4) is 0 Å². The first-order chi connectivity index (χ1) is 9.49. The van der Waals surface area contributed by atoms with E-state index in [9.17, 15) is 14.7 Å². The number of fused-ring (bicyclic) bond motifs is 1. The van der Waals surface area contributed by atoms with Gasteiger partial charge in [0.2, 0.25) is 5.91 Å². The van der Waals surface area contributed by atoms with Gasteiger partial charge < -0.3 is 15.3 Å². The number of hydrogen-bond donors (Lipinski definition) is 2. The van der Waals surface area contributed by atoms with Gasteiger partial charge in [-0.3, -0.25) is 4.79 Å². The van der Waals surface area contributed by atoms with Crippen LogP contribution in [0.2, 0.25) is 0 Å². The molecule has 0 saturated heterocycles. The fraction of sp³-hybridized carbons (Fsp3) is 0.467. The normalized spacial score (nSPS) is 19.1. The van der Waals surface area contributed by atoms with Gasteiger partial charge in [-0.2, -0.15) is 0 Å². The molecule has 108 valence electrons. The molecule has 0 spiro atoms. The Kier molecular flexibility index (Phi) is 4.27. The number of carbonyl (C=O) groups is 2. The molecular weight excluding hydrogens is 256 g/mol. The van der Waals surface area contributed by atoms with Gasteiger partial charge in [-0.05, 0) is 31.4 Å². The van der Waals surface area contributed by atoms with E-state index >= 15 is 0 Å². The van der Waals surface area contributed by atoms with Crippen molar-refractivity contribution in [1.82, 2.24) is 5.32 Å². The van der Waals surface area contributed by atoms with E-state index in [4.69, 9.17) is 0 Å². The first kappa shape index (κ1) is 14.4. The van der Waals surface area contributed by atoms with Crippen molar-refractivity contribution >= 4 is 17.6 Å². The van der Waals surface area contributed by atoms with Crippen LogP contribution in [-0.4, -0.2) is 35.6 Å². The van der Waals surface area contributed by atoms with Gasteiger partial charge in [-0.15, -0.1) is 0 Å². The number of amides is 1. The van der Waals surface area contributed by atoms with E-state index in [-0.39, 0.29) is 18.5 Å². The fourth-order valence-electron chi connectivity index (χ4n) is 2.67. The maximum atomic E-state index is 11.3. The fourth-order valence-corrected chi connectivity index (χ4v) is 2.67. The van der Waals surface area contributed by atoms with Crippen molar-refractivity contribution in [1.29, 1.82) is 0 Å². The zero-order valence-electron chi connectivity index (χ0n) is 11.8. The highest BCUT2D eigenvalue weighted by molar-refractivity contribution is 5.82. The zero-order valence-corrected chi connectivity index (χ0v) is 11.8. The van der Waals surface area contributed by atoms with Gasteiger partial charge in [-0.1, -0.05) is 18.2 Å². The van der Waals surface area contributed by atoms with Gasteiger partial charge in [0.1, 0.15) is 6.04 Å². The van der Waals surface area contributed by atoms with Crippen LogP contribution in [0.4, 0.5) is 5.69 Å². The van der Waals surface area contributed by atoms with E-state index in [2.05, 4.69) is 23.2 Å². The molecule has 5 heteroatoms. The molecule has 20 heavy (non-hydrogen) atoms. The van der Waals surface area contributed by atoms with Crippen molar-refractivity contribution in [3.05, 3.63) is 29.8 Å². The summed E-state index contributed by atoms with van der Waals surface area (Å²) < 4.78 is 0. The van der Waals surface area contributed by atoms with Gasteiger partial charge in [0.05, 0.1) is 0 Å². The third-order valence-corrected chi connectivity index (χ3v) is 3.72. The second-order valence-electron chi connectivity index (χ2n) is 5.26. The standard InChI is InChI=1S/C15H20N2O3/c1-10-7-8-12-5-3-4-6-14(12)17(10)9-13(15(19)20)16-11(2)18/h3-6,10,13H,7-9H2,1-2H3,(H,16,18)(H,19,20). The smallest absolute Gasteiger partial charge is 0.328 e. The Labute approximate surface area is 118 Å². The Balaban J connectivity index is 2.22. The Morgan fingerprint density at radius 2 is 2.15 bits per heavy atom. The van der Waals surface area contributed by atoms with Gasteiger partial charge >= 0.3 is 5.97 Å². The zero-order chi connectivity index (χ0) is 14.7. The van der Waals surface area contributed by atoms with Crippen molar-refractivity contribution < 1.29 is 14.7 Å². The lowest BCUT2D eigenvalue weighted by molar-refractivity contribution is -0.141. The SMILES string of the molecule is CC(=O)NC(CN1c2ccccc2CCC1C)C(=O)O. The third-order valence-electron chi connectivity index (χ3n) is 3.72. The van der Waals surface area contributed by atoms with E-state index in [0.717, 1.165) is 18.5 Å². The molecule has 2 N–H and O–H groups in total. The lowest BCUT2D eigenvalue weighted by Crippen LogP contribution is -2.51. The molecule has 0 fully saturated rings. The number of carboxylic acids is 1. The molecule has 2 rings (SSSR count). The van der Waals surface area contributed by atoms with Crippen molar-refractivity contribution in [2.24, 2.45) is 0 Å². The van der Waals surface area contributed by atoms with Crippen LogP contribution in [0.15, 0.2) is 24.3 Å². The minimum Gasteiger partial charge on any atom is -0.480 e. The van der Waals surface area contributed by atoms with Crippen molar-refractivity contribution in [2.45, 2.75) is 38.8 Å². The van der Waals surface area contributed by atoms with Gasteiger partial charge in [0.25, 0.3) is 0 Å². The van der Waals surface area contributed by atoms with Crippen LogP contribution < -0.4 is 10.2 Å². The number of aliphatic carboxylic acids is 1. The van der Waals surface area contributed by atoms with Crippen LogP contribution in [0, 0.1) is 0 Å². The van der Waals surface area contributed by atoms with Crippen molar-refractivity contribution in [3.63, 3.8) is 0 Å². The highest BCUT2D eigenvalue weighted by Crippen LogP contribution is 2.30. The van der Waals surface area contributed by atoms with E-state index in [1.54, 1.807) is 0 Å². The average molecular weight is 276 g/mol. The predicted octanol–water partition coefficient (Wildman–Crippen LogP) is 1.42. The third kappa shape index (κ3) is 3.10. The molecule has 0 radical (unpaired) electrons. The summed E-state index contributed by atoms with van der Waals surface area (Å²) in [5, 5.41) is 11.7. The van der Waals surface area contributed by atoms with Crippen LogP contribution in [0.3, 0.4) is 0 Å². The summed E-state index contributed by atoms with van der Waals surface area (Å²) in [4.78, 5) is 24.5. The number of para-hydroxylation sites is 1.